The lowest BCUT2D eigenvalue weighted by Gasteiger charge is -2.17. The third kappa shape index (κ3) is 5.46. The molecule has 29 heavy (non-hydrogen) atoms. The molecule has 2 rings (SSSR count). The van der Waals surface area contributed by atoms with Crippen molar-refractivity contribution in [2.45, 2.75) is 39.8 Å². The molecule has 1 heterocycles. The van der Waals surface area contributed by atoms with E-state index in [0.29, 0.717) is 23.5 Å². The second-order valence-electron chi connectivity index (χ2n) is 6.89. The van der Waals surface area contributed by atoms with Crippen LogP contribution >= 0.6 is 0 Å². The van der Waals surface area contributed by atoms with Gasteiger partial charge in [-0.05, 0) is 58.0 Å². The third-order valence-electron chi connectivity index (χ3n) is 4.61. The Balaban J connectivity index is 1.96. The highest BCUT2D eigenvalue weighted by molar-refractivity contribution is 5.99. The van der Waals surface area contributed by atoms with Crippen LogP contribution in [0.1, 0.15) is 47.2 Å². The van der Waals surface area contributed by atoms with Gasteiger partial charge in [-0.15, -0.1) is 0 Å². The largest absolute Gasteiger partial charge is 0.479 e. The van der Waals surface area contributed by atoms with Gasteiger partial charge in [-0.3, -0.25) is 4.79 Å². The quantitative estimate of drug-likeness (QED) is 0.475. The van der Waals surface area contributed by atoms with E-state index in [2.05, 4.69) is 0 Å². The van der Waals surface area contributed by atoms with E-state index in [9.17, 15) is 9.59 Å². The van der Waals surface area contributed by atoms with Crippen LogP contribution in [0.3, 0.4) is 0 Å². The van der Waals surface area contributed by atoms with Gasteiger partial charge in [0, 0.05) is 24.1 Å². The van der Waals surface area contributed by atoms with Crippen molar-refractivity contribution >= 4 is 11.8 Å². The van der Waals surface area contributed by atoms with E-state index in [4.69, 9.17) is 19.5 Å². The highest BCUT2D eigenvalue weighted by Gasteiger charge is 2.22. The number of methoxy groups -OCH3 is 1. The number of benzene rings is 1. The smallest absolute Gasteiger partial charge is 0.347 e. The molecule has 1 aromatic carbocycles. The summed E-state index contributed by atoms with van der Waals surface area (Å²) in [6.45, 7) is 7.52. The highest BCUT2D eigenvalue weighted by atomic mass is 16.6. The number of hydrogen-bond acceptors (Lipinski definition) is 6. The number of carbonyl (C=O) groups is 2. The van der Waals surface area contributed by atoms with Crippen LogP contribution in [0.15, 0.2) is 30.3 Å². The summed E-state index contributed by atoms with van der Waals surface area (Å²) < 4.78 is 17.9. The number of hydrogen-bond donors (Lipinski definition) is 0. The first-order chi connectivity index (χ1) is 13.8. The molecule has 0 amide bonds. The lowest BCUT2D eigenvalue weighted by Crippen LogP contribution is -2.28. The lowest BCUT2D eigenvalue weighted by atomic mass is 10.1. The van der Waals surface area contributed by atoms with Gasteiger partial charge in [0.2, 0.25) is 5.78 Å². The third-order valence-corrected chi connectivity index (χ3v) is 4.61. The number of carbonyl (C=O) groups excluding carboxylic acids is 2. The minimum absolute atomic E-state index is 0.0879. The average molecular weight is 398 g/mol. The molecule has 2 atom stereocenters. The van der Waals surface area contributed by atoms with E-state index in [-0.39, 0.29) is 18.4 Å². The number of nitriles is 1. The number of Topliss-reactive ketones (excluding diaryl/α,β-unsaturated/α-hetero) is 1. The van der Waals surface area contributed by atoms with E-state index in [0.717, 1.165) is 11.4 Å². The van der Waals surface area contributed by atoms with Crippen LogP contribution in [0.5, 0.6) is 5.75 Å². The monoisotopic (exact) mass is 398 g/mol. The lowest BCUT2D eigenvalue weighted by molar-refractivity contribution is -0.149. The van der Waals surface area contributed by atoms with Gasteiger partial charge in [0.25, 0.3) is 0 Å². The Morgan fingerprint density at radius 2 is 1.83 bits per heavy atom. The number of aromatic nitrogens is 1. The predicted molar refractivity (Wildman–Crippen MR) is 107 cm³/mol. The summed E-state index contributed by atoms with van der Waals surface area (Å²) in [5.41, 5.74) is 2.78. The molecule has 0 spiro atoms. The number of esters is 1. The summed E-state index contributed by atoms with van der Waals surface area (Å²) in [7, 11) is 1.64. The van der Waals surface area contributed by atoms with Crippen molar-refractivity contribution in [3.63, 3.8) is 0 Å². The van der Waals surface area contributed by atoms with Gasteiger partial charge in [-0.25, -0.2) is 4.79 Å². The summed E-state index contributed by atoms with van der Waals surface area (Å²) >= 11 is 0. The molecule has 0 aliphatic carbocycles. The maximum Gasteiger partial charge on any atom is 0.347 e. The van der Waals surface area contributed by atoms with Crippen molar-refractivity contribution in [3.05, 3.63) is 52.8 Å². The number of ether oxygens (including phenoxy) is 3. The highest BCUT2D eigenvalue weighted by Crippen LogP contribution is 2.21. The van der Waals surface area contributed by atoms with Gasteiger partial charge in [0.15, 0.2) is 12.7 Å². The molecule has 0 fully saturated rings. The summed E-state index contributed by atoms with van der Waals surface area (Å²) in [6, 6.07) is 10.3. The van der Waals surface area contributed by atoms with E-state index in [1.807, 2.05) is 31.4 Å². The number of nitrogens with zero attached hydrogens (tertiary/aromatic N) is 2. The Labute approximate surface area is 170 Å². The Bertz CT molecular complexity index is 909. The molecule has 0 aliphatic heterocycles. The van der Waals surface area contributed by atoms with Crippen LogP contribution in [0.2, 0.25) is 0 Å². The molecular formula is C22H26N2O5. The molecule has 2 aromatic rings. The van der Waals surface area contributed by atoms with Gasteiger partial charge in [-0.1, -0.05) is 0 Å². The Kier molecular flexibility index (Phi) is 7.57. The van der Waals surface area contributed by atoms with E-state index in [1.165, 1.54) is 0 Å². The molecule has 0 saturated carbocycles. The normalized spacial score (nSPS) is 12.7. The van der Waals surface area contributed by atoms with Crippen LogP contribution < -0.4 is 4.74 Å². The Morgan fingerprint density at radius 1 is 1.17 bits per heavy atom. The first-order valence-corrected chi connectivity index (χ1v) is 9.32. The maximum absolute atomic E-state index is 12.6. The van der Waals surface area contributed by atoms with Crippen LogP contribution in [-0.2, 0) is 14.3 Å². The summed E-state index contributed by atoms with van der Waals surface area (Å²) in [5, 5.41) is 8.81. The van der Waals surface area contributed by atoms with Crippen molar-refractivity contribution in [3.8, 4) is 11.8 Å². The second-order valence-corrected chi connectivity index (χ2v) is 6.89. The van der Waals surface area contributed by atoms with E-state index in [1.54, 1.807) is 44.4 Å². The summed E-state index contributed by atoms with van der Waals surface area (Å²) in [4.78, 5) is 24.8. The Morgan fingerprint density at radius 3 is 2.41 bits per heavy atom. The summed E-state index contributed by atoms with van der Waals surface area (Å²) in [5.74, 6) is -0.465. The number of aryl methyl sites for hydroxylation is 1. The molecule has 0 radical (unpaired) electrons. The fourth-order valence-electron chi connectivity index (χ4n) is 3.25. The van der Waals surface area contributed by atoms with Crippen molar-refractivity contribution in [2.24, 2.45) is 0 Å². The average Bonchev–Trinajstić information content (AvgIpc) is 3.00. The number of ketones is 1. The van der Waals surface area contributed by atoms with Gasteiger partial charge in [-0.2, -0.15) is 5.26 Å². The molecular weight excluding hydrogens is 372 g/mol. The second kappa shape index (κ2) is 9.89. The SMILES string of the molecule is COC[C@@H](C)n1c(C)cc(C(=O)COC(=O)[C@@H](C)Oc2ccc(C#N)cc2)c1C. The van der Waals surface area contributed by atoms with Gasteiger partial charge in [0.05, 0.1) is 24.3 Å². The van der Waals surface area contributed by atoms with Crippen LogP contribution in [0.4, 0.5) is 0 Å². The van der Waals surface area contributed by atoms with E-state index >= 15 is 0 Å². The predicted octanol–water partition coefficient (Wildman–Crippen LogP) is 3.38. The molecule has 0 unspecified atom stereocenters. The van der Waals surface area contributed by atoms with Gasteiger partial charge in [0.1, 0.15) is 5.75 Å². The first-order valence-electron chi connectivity index (χ1n) is 9.32. The van der Waals surface area contributed by atoms with Gasteiger partial charge < -0.3 is 18.8 Å². The zero-order valence-electron chi connectivity index (χ0n) is 17.4. The van der Waals surface area contributed by atoms with Crippen LogP contribution in [-0.4, -0.2) is 42.7 Å². The minimum Gasteiger partial charge on any atom is -0.479 e. The van der Waals surface area contributed by atoms with Crippen LogP contribution in [0, 0.1) is 25.2 Å². The fourth-order valence-corrected chi connectivity index (χ4v) is 3.25. The van der Waals surface area contributed by atoms with Crippen molar-refractivity contribution in [1.82, 2.24) is 4.57 Å². The van der Waals surface area contributed by atoms with Crippen molar-refractivity contribution in [2.75, 3.05) is 20.3 Å². The number of rotatable bonds is 9. The molecule has 1 aromatic heterocycles. The molecule has 154 valence electrons. The molecule has 0 aliphatic rings. The standard InChI is InChI=1S/C22H26N2O5/c1-14-10-20(16(3)24(14)15(2)12-27-5)21(25)13-28-22(26)17(4)29-19-8-6-18(11-23)7-9-19/h6-10,15,17H,12-13H2,1-5H3/t15-,17-/m1/s1. The molecule has 7 nitrogen and oxygen atoms in total. The van der Waals surface area contributed by atoms with E-state index < -0.39 is 12.1 Å². The molecule has 0 N–H and O–H groups in total. The van der Waals surface area contributed by atoms with Crippen LogP contribution in [0.25, 0.3) is 0 Å². The first kappa shape index (κ1) is 22.2. The van der Waals surface area contributed by atoms with Crippen molar-refractivity contribution < 1.29 is 23.8 Å². The van der Waals surface area contributed by atoms with Gasteiger partial charge >= 0.3 is 5.97 Å². The fraction of sp³-hybridized carbons (Fsp3) is 0.409. The molecule has 0 saturated heterocycles. The zero-order valence-corrected chi connectivity index (χ0v) is 17.4. The summed E-state index contributed by atoms with van der Waals surface area (Å²) in [6.07, 6.45) is -0.884. The molecule has 7 heteroatoms. The maximum atomic E-state index is 12.6. The molecule has 0 bridgehead atoms. The Hall–Kier alpha value is -3.11. The zero-order chi connectivity index (χ0) is 21.6. The topological polar surface area (TPSA) is 90.6 Å². The minimum atomic E-state index is -0.884. The van der Waals surface area contributed by atoms with Crippen molar-refractivity contribution in [1.29, 1.82) is 5.26 Å².